The van der Waals surface area contributed by atoms with Crippen LogP contribution >= 0.6 is 10.0 Å². The van der Waals surface area contributed by atoms with Gasteiger partial charge in [-0.25, -0.2) is 10.0 Å². The van der Waals surface area contributed by atoms with Crippen molar-refractivity contribution in [3.63, 3.8) is 0 Å². The zero-order chi connectivity index (χ0) is 9.07. The number of allylic oxidation sites excluding steroid dienone is 1. The zero-order valence-electron chi connectivity index (χ0n) is 8.29. The van der Waals surface area contributed by atoms with Crippen LogP contribution in [0.2, 0.25) is 0 Å². The van der Waals surface area contributed by atoms with Crippen LogP contribution in [0.25, 0.3) is 0 Å². The molecule has 0 heterocycles. The predicted octanol–water partition coefficient (Wildman–Crippen LogP) is 2.18. The van der Waals surface area contributed by atoms with Gasteiger partial charge in [-0.05, 0) is 31.6 Å². The zero-order valence-corrected chi connectivity index (χ0v) is 9.11. The minimum atomic E-state index is -0.598. The first kappa shape index (κ1) is 11.1. The lowest BCUT2D eigenvalue weighted by molar-refractivity contribution is 0.686. The molecule has 2 N–H and O–H groups in total. The first-order valence-corrected chi connectivity index (χ1v) is 6.87. The van der Waals surface area contributed by atoms with Crippen molar-refractivity contribution in [3.8, 4) is 0 Å². The Labute approximate surface area is 72.4 Å². The van der Waals surface area contributed by atoms with Gasteiger partial charge >= 0.3 is 0 Å². The van der Waals surface area contributed by atoms with Gasteiger partial charge in [-0.2, -0.15) is 0 Å². The van der Waals surface area contributed by atoms with Crippen molar-refractivity contribution >= 4 is 10.0 Å². The maximum Gasteiger partial charge on any atom is 0.0406 e. The highest BCUT2D eigenvalue weighted by molar-refractivity contribution is 8.32. The van der Waals surface area contributed by atoms with Gasteiger partial charge < -0.3 is 5.73 Å². The van der Waals surface area contributed by atoms with Crippen molar-refractivity contribution in [3.05, 3.63) is 12.2 Å². The summed E-state index contributed by atoms with van der Waals surface area (Å²) in [6.45, 7) is 4.23. The summed E-state index contributed by atoms with van der Waals surface area (Å²) in [5.41, 5.74) is 6.07. The summed E-state index contributed by atoms with van der Waals surface area (Å²) in [5, 5.41) is 0.332. The van der Waals surface area contributed by atoms with E-state index in [0.717, 1.165) is 0 Å². The molecule has 0 aromatic carbocycles. The third kappa shape index (κ3) is 3.82. The molecule has 2 atom stereocenters. The Morgan fingerprint density at radius 3 is 2.00 bits per heavy atom. The summed E-state index contributed by atoms with van der Waals surface area (Å²) in [6, 6.07) is 0. The molecule has 0 rings (SSSR count). The lowest BCUT2D eigenvalue weighted by Crippen LogP contribution is -2.31. The minimum absolute atomic E-state index is 0.332. The van der Waals surface area contributed by atoms with E-state index in [1.165, 1.54) is 0 Å². The van der Waals surface area contributed by atoms with Gasteiger partial charge in [-0.15, -0.1) is 0 Å². The summed E-state index contributed by atoms with van der Waals surface area (Å²) in [5.74, 6) is 0.509. The average molecular weight is 175 g/mol. The Hall–Kier alpha value is 0.0500. The molecule has 1 nitrogen and oxygen atoms in total. The van der Waals surface area contributed by atoms with Gasteiger partial charge in [0.05, 0.1) is 0 Å². The Morgan fingerprint density at radius 2 is 1.73 bits per heavy atom. The highest BCUT2D eigenvalue weighted by Crippen LogP contribution is 2.41. The number of nitrogens with two attached hydrogens (primary N) is 1. The van der Waals surface area contributed by atoms with E-state index in [9.17, 15) is 0 Å². The quantitative estimate of drug-likeness (QED) is 0.654. The summed E-state index contributed by atoms with van der Waals surface area (Å²) >= 11 is 0. The maximum absolute atomic E-state index is 6.07. The summed E-state index contributed by atoms with van der Waals surface area (Å²) < 4.78 is 0. The number of rotatable bonds is 3. The number of hydrogen-bond donors (Lipinski definition) is 1. The van der Waals surface area contributed by atoms with Gasteiger partial charge in [-0.1, -0.05) is 19.1 Å². The van der Waals surface area contributed by atoms with Crippen LogP contribution in [0.1, 0.15) is 13.8 Å². The van der Waals surface area contributed by atoms with Gasteiger partial charge in [0.15, 0.2) is 0 Å². The molecule has 0 aliphatic rings. The van der Waals surface area contributed by atoms with Crippen LogP contribution in [-0.2, 0) is 0 Å². The topological polar surface area (TPSA) is 26.0 Å². The second kappa shape index (κ2) is 4.17. The van der Waals surface area contributed by atoms with E-state index >= 15 is 0 Å². The Balaban J connectivity index is 4.13. The molecule has 2 heteroatoms. The van der Waals surface area contributed by atoms with Crippen molar-refractivity contribution in [2.45, 2.75) is 19.2 Å². The van der Waals surface area contributed by atoms with Crippen molar-refractivity contribution in [1.82, 2.24) is 0 Å². The van der Waals surface area contributed by atoms with E-state index in [-0.39, 0.29) is 0 Å². The first-order valence-electron chi connectivity index (χ1n) is 3.95. The van der Waals surface area contributed by atoms with Crippen molar-refractivity contribution < 1.29 is 0 Å². The van der Waals surface area contributed by atoms with Crippen molar-refractivity contribution in [2.75, 3.05) is 18.8 Å². The molecule has 0 amide bonds. The smallest absolute Gasteiger partial charge is 0.0406 e. The van der Waals surface area contributed by atoms with Crippen LogP contribution in [0, 0.1) is 5.92 Å². The molecule has 0 bridgehead atoms. The second-order valence-corrected chi connectivity index (χ2v) is 8.19. The molecule has 0 fully saturated rings. The molecule has 0 aliphatic carbocycles. The lowest BCUT2D eigenvalue weighted by atomic mass is 10.2. The molecule has 11 heavy (non-hydrogen) atoms. The van der Waals surface area contributed by atoms with E-state index in [4.69, 9.17) is 5.73 Å². The monoisotopic (exact) mass is 175 g/mol. The molecule has 0 aromatic heterocycles. The summed E-state index contributed by atoms with van der Waals surface area (Å²) in [4.78, 5) is 0. The van der Waals surface area contributed by atoms with Crippen LogP contribution in [0.3, 0.4) is 0 Å². The van der Waals surface area contributed by atoms with E-state index in [1.54, 1.807) is 0 Å². The SMILES string of the molecule is C/C=C\[C@H](C)[C@H](N)S(C)(C)C. The third-order valence-electron chi connectivity index (χ3n) is 1.83. The predicted molar refractivity (Wildman–Crippen MR) is 57.3 cm³/mol. The molecule has 0 saturated carbocycles. The fourth-order valence-electron chi connectivity index (χ4n) is 1.06. The Bertz CT molecular complexity index is 135. The maximum atomic E-state index is 6.07. The van der Waals surface area contributed by atoms with Gasteiger partial charge in [-0.3, -0.25) is 0 Å². The molecule has 0 radical (unpaired) electrons. The third-order valence-corrected chi connectivity index (χ3v) is 3.89. The molecular weight excluding hydrogens is 154 g/mol. The van der Waals surface area contributed by atoms with Crippen LogP contribution in [0.5, 0.6) is 0 Å². The van der Waals surface area contributed by atoms with Gasteiger partial charge in [0.1, 0.15) is 0 Å². The summed E-state index contributed by atoms with van der Waals surface area (Å²) in [6.07, 6.45) is 11.0. The van der Waals surface area contributed by atoms with E-state index in [0.29, 0.717) is 11.3 Å². The van der Waals surface area contributed by atoms with Crippen LogP contribution in [0.4, 0.5) is 0 Å². The largest absolute Gasteiger partial charge is 0.320 e. The van der Waals surface area contributed by atoms with Crippen LogP contribution in [-0.4, -0.2) is 24.1 Å². The molecule has 0 aromatic rings. The lowest BCUT2D eigenvalue weighted by Gasteiger charge is -2.36. The fourth-order valence-corrected chi connectivity index (χ4v) is 2.44. The molecule has 0 unspecified atom stereocenters. The van der Waals surface area contributed by atoms with Crippen molar-refractivity contribution in [1.29, 1.82) is 0 Å². The van der Waals surface area contributed by atoms with Gasteiger partial charge in [0.25, 0.3) is 0 Å². The first-order chi connectivity index (χ1) is 4.89. The van der Waals surface area contributed by atoms with Crippen LogP contribution in [0.15, 0.2) is 12.2 Å². The normalized spacial score (nSPS) is 20.2. The van der Waals surface area contributed by atoms with Crippen LogP contribution < -0.4 is 5.73 Å². The average Bonchev–Trinajstić information content (AvgIpc) is 1.85. The molecule has 0 spiro atoms. The van der Waals surface area contributed by atoms with Gasteiger partial charge in [0, 0.05) is 5.37 Å². The van der Waals surface area contributed by atoms with E-state index < -0.39 is 10.0 Å². The standard InChI is InChI=1S/C9H21NS/c1-6-7-8(2)9(10)11(3,4)5/h6-9H,10H2,1-5H3/b7-6-/t8-,9+/m0/s1. The van der Waals surface area contributed by atoms with Gasteiger partial charge in [0.2, 0.25) is 0 Å². The molecule has 68 valence electrons. The van der Waals surface area contributed by atoms with E-state index in [2.05, 4.69) is 37.8 Å². The highest BCUT2D eigenvalue weighted by Gasteiger charge is 2.19. The minimum Gasteiger partial charge on any atom is -0.320 e. The Kier molecular flexibility index (Phi) is 4.19. The van der Waals surface area contributed by atoms with Crippen molar-refractivity contribution in [2.24, 2.45) is 11.7 Å². The highest BCUT2D eigenvalue weighted by atomic mass is 32.3. The fraction of sp³-hybridized carbons (Fsp3) is 0.778. The van der Waals surface area contributed by atoms with E-state index in [1.807, 2.05) is 6.92 Å². The molecule has 0 saturated heterocycles. The number of hydrogen-bond acceptors (Lipinski definition) is 1. The molecule has 0 aliphatic heterocycles. The second-order valence-electron chi connectivity index (χ2n) is 3.78. The molecular formula is C9H21NS. The summed E-state index contributed by atoms with van der Waals surface area (Å²) in [7, 11) is -0.598. The Morgan fingerprint density at radius 1 is 1.27 bits per heavy atom.